The summed E-state index contributed by atoms with van der Waals surface area (Å²) < 4.78 is 16.8. The number of ether oxygens (including phenoxy) is 2. The number of nitrogens with zero attached hydrogens (tertiary/aromatic N) is 3. The first-order chi connectivity index (χ1) is 18.9. The van der Waals surface area contributed by atoms with Crippen LogP contribution in [0.15, 0.2) is 82.4 Å². The van der Waals surface area contributed by atoms with Crippen LogP contribution in [-0.2, 0) is 4.79 Å². The Morgan fingerprint density at radius 2 is 1.69 bits per heavy atom. The van der Waals surface area contributed by atoms with Gasteiger partial charge < -0.3 is 19.2 Å². The monoisotopic (exact) mass is 540 g/mol. The zero-order chi connectivity index (χ0) is 27.4. The highest BCUT2D eigenvalue weighted by molar-refractivity contribution is 7.99. The molecular formula is C29H24N4O5S. The van der Waals surface area contributed by atoms with Crippen molar-refractivity contribution < 1.29 is 23.5 Å². The quantitative estimate of drug-likeness (QED) is 0.180. The van der Waals surface area contributed by atoms with Crippen LogP contribution in [0.25, 0.3) is 33.6 Å². The van der Waals surface area contributed by atoms with Crippen LogP contribution in [0, 0.1) is 0 Å². The predicted molar refractivity (Wildman–Crippen MR) is 149 cm³/mol. The van der Waals surface area contributed by atoms with Crippen LogP contribution < -0.4 is 14.8 Å². The third-order valence-corrected chi connectivity index (χ3v) is 6.75. The van der Waals surface area contributed by atoms with E-state index >= 15 is 0 Å². The summed E-state index contributed by atoms with van der Waals surface area (Å²) in [5.74, 6) is 1.34. The van der Waals surface area contributed by atoms with E-state index in [-0.39, 0.29) is 22.7 Å². The largest absolute Gasteiger partial charge is 0.493 e. The van der Waals surface area contributed by atoms with E-state index in [0.717, 1.165) is 33.8 Å². The van der Waals surface area contributed by atoms with Crippen molar-refractivity contribution in [3.63, 3.8) is 0 Å². The molecule has 1 N–H and O–H groups in total. The molecule has 0 atom stereocenters. The van der Waals surface area contributed by atoms with E-state index in [1.54, 1.807) is 38.5 Å². The fraction of sp³-hybridized carbons (Fsp3) is 0.138. The second-order valence-corrected chi connectivity index (χ2v) is 9.41. The molecule has 39 heavy (non-hydrogen) atoms. The summed E-state index contributed by atoms with van der Waals surface area (Å²) in [5.41, 5.74) is 4.21. The number of aromatic nitrogens is 3. The lowest BCUT2D eigenvalue weighted by atomic mass is 10.0. The minimum atomic E-state index is -0.236. The Balaban J connectivity index is 1.37. The molecule has 0 aliphatic heterocycles. The van der Waals surface area contributed by atoms with E-state index in [0.29, 0.717) is 34.3 Å². The van der Waals surface area contributed by atoms with E-state index in [4.69, 9.17) is 18.9 Å². The maximum atomic E-state index is 12.4. The Kier molecular flexibility index (Phi) is 7.55. The molecule has 2 aromatic heterocycles. The van der Waals surface area contributed by atoms with E-state index < -0.39 is 0 Å². The second-order valence-electron chi connectivity index (χ2n) is 8.49. The van der Waals surface area contributed by atoms with Crippen molar-refractivity contribution in [3.8, 4) is 34.2 Å². The molecule has 0 fully saturated rings. The van der Waals surface area contributed by atoms with Crippen LogP contribution in [-0.4, -0.2) is 46.8 Å². The Morgan fingerprint density at radius 3 is 2.44 bits per heavy atom. The van der Waals surface area contributed by atoms with Gasteiger partial charge in [-0.15, -0.1) is 10.2 Å². The number of methoxy groups -OCH3 is 2. The Morgan fingerprint density at radius 1 is 0.923 bits per heavy atom. The van der Waals surface area contributed by atoms with Gasteiger partial charge in [0.15, 0.2) is 17.3 Å². The molecule has 9 nitrogen and oxygen atoms in total. The first-order valence-corrected chi connectivity index (χ1v) is 12.9. The average molecular weight is 541 g/mol. The number of hydrogen-bond donors (Lipinski definition) is 1. The molecule has 10 heteroatoms. The Bertz CT molecular complexity index is 1670. The number of hydrogen-bond acceptors (Lipinski definition) is 9. The van der Waals surface area contributed by atoms with Crippen molar-refractivity contribution in [1.29, 1.82) is 0 Å². The van der Waals surface area contributed by atoms with E-state index in [1.165, 1.54) is 6.92 Å². The summed E-state index contributed by atoms with van der Waals surface area (Å²) >= 11 is 1.13. The SMILES string of the molecule is COc1ccc(-c2cc(-c3nnc(SCC(=O)Nc4ccc(C(C)=O)cc4)o3)c3ccccc3n2)cc1OC. The first kappa shape index (κ1) is 25.9. The van der Waals surface area contributed by atoms with Gasteiger partial charge in [-0.3, -0.25) is 9.59 Å². The zero-order valence-electron chi connectivity index (χ0n) is 21.4. The summed E-state index contributed by atoms with van der Waals surface area (Å²) in [6, 6.07) is 21.9. The van der Waals surface area contributed by atoms with Gasteiger partial charge in [0.05, 0.1) is 36.7 Å². The van der Waals surface area contributed by atoms with Crippen LogP contribution in [0.4, 0.5) is 5.69 Å². The number of carbonyl (C=O) groups excluding carboxylic acids is 2. The zero-order valence-corrected chi connectivity index (χ0v) is 22.2. The van der Waals surface area contributed by atoms with Gasteiger partial charge in [-0.1, -0.05) is 30.0 Å². The van der Waals surface area contributed by atoms with Crippen molar-refractivity contribution in [3.05, 3.63) is 78.4 Å². The lowest BCUT2D eigenvalue weighted by molar-refractivity contribution is -0.113. The molecule has 0 spiro atoms. The fourth-order valence-corrected chi connectivity index (χ4v) is 4.55. The second kappa shape index (κ2) is 11.4. The molecule has 5 rings (SSSR count). The van der Waals surface area contributed by atoms with E-state index in [9.17, 15) is 9.59 Å². The minimum absolute atomic E-state index is 0.0338. The molecule has 1 amide bonds. The highest BCUT2D eigenvalue weighted by atomic mass is 32.2. The van der Waals surface area contributed by atoms with Crippen LogP contribution in [0.1, 0.15) is 17.3 Å². The Labute approximate surface area is 228 Å². The highest BCUT2D eigenvalue weighted by Gasteiger charge is 2.17. The number of Topliss-reactive ketones (excluding diaryl/α,β-unsaturated/α-hetero) is 1. The molecule has 0 unspecified atom stereocenters. The number of nitrogens with one attached hydrogen (secondary N) is 1. The third-order valence-electron chi connectivity index (χ3n) is 5.93. The third kappa shape index (κ3) is 5.75. The molecule has 0 aliphatic rings. The summed E-state index contributed by atoms with van der Waals surface area (Å²) in [5, 5.41) is 12.3. The maximum Gasteiger partial charge on any atom is 0.277 e. The van der Waals surface area contributed by atoms with Gasteiger partial charge in [-0.2, -0.15) is 0 Å². The molecule has 0 radical (unpaired) electrons. The molecule has 0 aliphatic carbocycles. The van der Waals surface area contributed by atoms with Gasteiger partial charge in [0, 0.05) is 22.2 Å². The number of ketones is 1. The first-order valence-electron chi connectivity index (χ1n) is 11.9. The van der Waals surface area contributed by atoms with Crippen molar-refractivity contribution in [2.75, 3.05) is 25.3 Å². The number of benzene rings is 3. The van der Waals surface area contributed by atoms with Crippen molar-refractivity contribution >= 4 is 40.0 Å². The van der Waals surface area contributed by atoms with Gasteiger partial charge in [0.1, 0.15) is 0 Å². The molecular weight excluding hydrogens is 516 g/mol. The lowest BCUT2D eigenvalue weighted by Crippen LogP contribution is -2.14. The summed E-state index contributed by atoms with van der Waals surface area (Å²) in [7, 11) is 3.18. The predicted octanol–water partition coefficient (Wildman–Crippen LogP) is 5.90. The minimum Gasteiger partial charge on any atom is -0.493 e. The number of para-hydroxylation sites is 1. The van der Waals surface area contributed by atoms with Gasteiger partial charge in [-0.05, 0) is 61.5 Å². The Hall–Kier alpha value is -4.70. The standard InChI is InChI=1S/C29H24N4O5S/c1-17(34)18-8-11-20(12-9-18)30-27(35)16-39-29-33-32-28(38-29)22-15-24(31-23-7-5-4-6-21(22)23)19-10-13-25(36-2)26(14-19)37-3/h4-15H,16H2,1-3H3,(H,30,35). The maximum absolute atomic E-state index is 12.4. The lowest BCUT2D eigenvalue weighted by Gasteiger charge is -2.11. The number of rotatable bonds is 9. The number of carbonyl (C=O) groups is 2. The van der Waals surface area contributed by atoms with Gasteiger partial charge in [-0.25, -0.2) is 4.98 Å². The summed E-state index contributed by atoms with van der Waals surface area (Å²) in [6.07, 6.45) is 0. The van der Waals surface area contributed by atoms with Crippen LogP contribution >= 0.6 is 11.8 Å². The number of thioether (sulfide) groups is 1. The van der Waals surface area contributed by atoms with Crippen molar-refractivity contribution in [2.45, 2.75) is 12.1 Å². The van der Waals surface area contributed by atoms with Crippen LogP contribution in [0.5, 0.6) is 11.5 Å². The molecule has 0 saturated carbocycles. The molecule has 5 aromatic rings. The van der Waals surface area contributed by atoms with Crippen LogP contribution in [0.2, 0.25) is 0 Å². The van der Waals surface area contributed by atoms with Gasteiger partial charge in [0.25, 0.3) is 5.22 Å². The molecule has 3 aromatic carbocycles. The molecule has 0 saturated heterocycles. The van der Waals surface area contributed by atoms with Gasteiger partial charge >= 0.3 is 0 Å². The summed E-state index contributed by atoms with van der Waals surface area (Å²) in [4.78, 5) is 28.7. The smallest absolute Gasteiger partial charge is 0.277 e. The summed E-state index contributed by atoms with van der Waals surface area (Å²) in [6.45, 7) is 1.49. The highest BCUT2D eigenvalue weighted by Crippen LogP contribution is 2.36. The van der Waals surface area contributed by atoms with Crippen molar-refractivity contribution in [2.24, 2.45) is 0 Å². The molecule has 0 bridgehead atoms. The molecule has 196 valence electrons. The van der Waals surface area contributed by atoms with E-state index in [2.05, 4.69) is 15.5 Å². The average Bonchev–Trinajstić information content (AvgIpc) is 3.44. The van der Waals surface area contributed by atoms with Crippen molar-refractivity contribution in [1.82, 2.24) is 15.2 Å². The fourth-order valence-electron chi connectivity index (χ4n) is 3.99. The number of amides is 1. The number of anilines is 1. The van der Waals surface area contributed by atoms with Gasteiger partial charge in [0.2, 0.25) is 11.8 Å². The number of fused-ring (bicyclic) bond motifs is 1. The normalized spacial score (nSPS) is 10.8. The van der Waals surface area contributed by atoms with Crippen LogP contribution in [0.3, 0.4) is 0 Å². The topological polar surface area (TPSA) is 116 Å². The molecule has 2 heterocycles. The number of pyridine rings is 1. The van der Waals surface area contributed by atoms with E-state index in [1.807, 2.05) is 48.5 Å².